The van der Waals surface area contributed by atoms with E-state index in [9.17, 15) is 29.4 Å². The lowest BCUT2D eigenvalue weighted by Crippen LogP contribution is -2.58. The van der Waals surface area contributed by atoms with E-state index in [4.69, 9.17) is 0 Å². The minimum atomic E-state index is -1.18. The van der Waals surface area contributed by atoms with Gasteiger partial charge in [0.1, 0.15) is 23.9 Å². The highest BCUT2D eigenvalue weighted by Gasteiger charge is 2.31. The molecule has 4 unspecified atom stereocenters. The van der Waals surface area contributed by atoms with E-state index in [1.807, 2.05) is 0 Å². The SMILES string of the molecule is CC(C)C(NC(=O)C(Cc1ccc(O)cc1)NC(=O)C(CS)NC(=O)C1CCCN1)C(=O)O. The van der Waals surface area contributed by atoms with Crippen LogP contribution in [-0.2, 0) is 25.6 Å². The molecule has 182 valence electrons. The van der Waals surface area contributed by atoms with Crippen molar-refractivity contribution in [2.45, 2.75) is 57.3 Å². The van der Waals surface area contributed by atoms with Gasteiger partial charge in [-0.1, -0.05) is 26.0 Å². The number of carbonyl (C=O) groups excluding carboxylic acids is 3. The summed E-state index contributed by atoms with van der Waals surface area (Å²) in [6.07, 6.45) is 1.59. The van der Waals surface area contributed by atoms with Crippen LogP contribution in [0.5, 0.6) is 5.75 Å². The third-order valence-electron chi connectivity index (χ3n) is 5.43. The molecule has 2 rings (SSSR count). The second-order valence-electron chi connectivity index (χ2n) is 8.39. The maximum atomic E-state index is 13.0. The first kappa shape index (κ1) is 26.5. The van der Waals surface area contributed by atoms with Gasteiger partial charge in [-0.2, -0.15) is 12.6 Å². The van der Waals surface area contributed by atoms with Crippen LogP contribution in [-0.4, -0.2) is 70.4 Å². The third-order valence-corrected chi connectivity index (χ3v) is 5.80. The molecule has 0 bridgehead atoms. The van der Waals surface area contributed by atoms with Crippen molar-refractivity contribution >= 4 is 36.3 Å². The number of rotatable bonds is 11. The van der Waals surface area contributed by atoms with Gasteiger partial charge in [0, 0.05) is 12.2 Å². The molecular formula is C22H32N4O6S. The van der Waals surface area contributed by atoms with Gasteiger partial charge in [-0.15, -0.1) is 0 Å². The van der Waals surface area contributed by atoms with E-state index in [1.54, 1.807) is 26.0 Å². The second-order valence-corrected chi connectivity index (χ2v) is 8.76. The van der Waals surface area contributed by atoms with E-state index >= 15 is 0 Å². The topological polar surface area (TPSA) is 157 Å². The van der Waals surface area contributed by atoms with E-state index in [-0.39, 0.29) is 35.8 Å². The summed E-state index contributed by atoms with van der Waals surface area (Å²) in [5.74, 6) is -3.08. The Morgan fingerprint density at radius 2 is 1.70 bits per heavy atom. The number of nitrogens with one attached hydrogen (secondary N) is 4. The van der Waals surface area contributed by atoms with Gasteiger partial charge in [0.25, 0.3) is 0 Å². The van der Waals surface area contributed by atoms with Crippen LogP contribution >= 0.6 is 12.6 Å². The largest absolute Gasteiger partial charge is 0.508 e. The van der Waals surface area contributed by atoms with Crippen molar-refractivity contribution in [2.24, 2.45) is 5.92 Å². The van der Waals surface area contributed by atoms with Crippen molar-refractivity contribution in [1.29, 1.82) is 0 Å². The highest BCUT2D eigenvalue weighted by atomic mass is 32.1. The molecule has 1 aliphatic rings. The fraction of sp³-hybridized carbons (Fsp3) is 0.545. The minimum absolute atomic E-state index is 0.0155. The zero-order valence-corrected chi connectivity index (χ0v) is 19.6. The molecule has 4 atom stereocenters. The van der Waals surface area contributed by atoms with E-state index in [0.29, 0.717) is 12.0 Å². The molecule has 0 aliphatic carbocycles. The molecule has 1 aromatic carbocycles. The number of aliphatic carboxylic acids is 1. The molecule has 0 radical (unpaired) electrons. The second kappa shape index (κ2) is 12.4. The Labute approximate surface area is 198 Å². The lowest BCUT2D eigenvalue weighted by atomic mass is 10.0. The maximum Gasteiger partial charge on any atom is 0.326 e. The molecule has 1 heterocycles. The zero-order chi connectivity index (χ0) is 24.5. The van der Waals surface area contributed by atoms with Crippen LogP contribution in [0.1, 0.15) is 32.3 Å². The van der Waals surface area contributed by atoms with Crippen molar-refractivity contribution in [3.8, 4) is 5.75 Å². The van der Waals surface area contributed by atoms with Crippen molar-refractivity contribution in [1.82, 2.24) is 21.3 Å². The Hall–Kier alpha value is -2.79. The first-order chi connectivity index (χ1) is 15.6. The number of aromatic hydroxyl groups is 1. The van der Waals surface area contributed by atoms with Gasteiger partial charge in [-0.25, -0.2) is 4.79 Å². The van der Waals surface area contributed by atoms with Gasteiger partial charge in [0.05, 0.1) is 6.04 Å². The lowest BCUT2D eigenvalue weighted by molar-refractivity contribution is -0.143. The number of thiol groups is 1. The molecule has 10 nitrogen and oxygen atoms in total. The fourth-order valence-corrected chi connectivity index (χ4v) is 3.75. The average molecular weight is 481 g/mol. The molecular weight excluding hydrogens is 448 g/mol. The Balaban J connectivity index is 2.15. The number of hydrogen-bond acceptors (Lipinski definition) is 7. The summed E-state index contributed by atoms with van der Waals surface area (Å²) < 4.78 is 0. The summed E-state index contributed by atoms with van der Waals surface area (Å²) in [7, 11) is 0. The van der Waals surface area contributed by atoms with Crippen LogP contribution in [0.25, 0.3) is 0 Å². The zero-order valence-electron chi connectivity index (χ0n) is 18.7. The highest BCUT2D eigenvalue weighted by Crippen LogP contribution is 2.12. The summed E-state index contributed by atoms with van der Waals surface area (Å²) in [6.45, 7) is 4.05. The number of hydrogen-bond donors (Lipinski definition) is 7. The number of carboxylic acids is 1. The molecule has 1 aromatic rings. The minimum Gasteiger partial charge on any atom is -0.508 e. The van der Waals surface area contributed by atoms with Crippen molar-refractivity contribution in [2.75, 3.05) is 12.3 Å². The predicted octanol–water partition coefficient (Wildman–Crippen LogP) is -0.188. The summed E-state index contributed by atoms with van der Waals surface area (Å²) in [6, 6.07) is 2.51. The van der Waals surface area contributed by atoms with E-state index in [1.165, 1.54) is 12.1 Å². The van der Waals surface area contributed by atoms with Gasteiger partial charge in [-0.3, -0.25) is 14.4 Å². The number of phenolic OH excluding ortho intramolecular Hbond substituents is 1. The van der Waals surface area contributed by atoms with Gasteiger partial charge in [-0.05, 0) is 43.0 Å². The number of carbonyl (C=O) groups is 4. The van der Waals surface area contributed by atoms with Gasteiger partial charge in [0.15, 0.2) is 0 Å². The quantitative estimate of drug-likeness (QED) is 0.216. The Kier molecular flexibility index (Phi) is 9.98. The highest BCUT2D eigenvalue weighted by molar-refractivity contribution is 7.80. The predicted molar refractivity (Wildman–Crippen MR) is 125 cm³/mol. The van der Waals surface area contributed by atoms with Gasteiger partial charge < -0.3 is 31.5 Å². The molecule has 1 saturated heterocycles. The van der Waals surface area contributed by atoms with Crippen LogP contribution in [0.2, 0.25) is 0 Å². The van der Waals surface area contributed by atoms with E-state index < -0.39 is 35.9 Å². The molecule has 6 N–H and O–H groups in total. The third kappa shape index (κ3) is 7.93. The molecule has 0 aromatic heterocycles. The smallest absolute Gasteiger partial charge is 0.326 e. The summed E-state index contributed by atoms with van der Waals surface area (Å²) in [5, 5.41) is 29.7. The number of carboxylic acid groups (broad SMARTS) is 1. The van der Waals surface area contributed by atoms with Crippen LogP contribution in [0.3, 0.4) is 0 Å². The Bertz CT molecular complexity index is 842. The lowest BCUT2D eigenvalue weighted by Gasteiger charge is -2.25. The van der Waals surface area contributed by atoms with E-state index in [0.717, 1.165) is 13.0 Å². The number of phenols is 1. The van der Waals surface area contributed by atoms with Gasteiger partial charge >= 0.3 is 5.97 Å². The first-order valence-corrected chi connectivity index (χ1v) is 11.5. The molecule has 1 aliphatic heterocycles. The van der Waals surface area contributed by atoms with Crippen molar-refractivity contribution in [3.63, 3.8) is 0 Å². The molecule has 0 spiro atoms. The normalized spacial score (nSPS) is 18.2. The van der Waals surface area contributed by atoms with Gasteiger partial charge in [0.2, 0.25) is 17.7 Å². The fourth-order valence-electron chi connectivity index (χ4n) is 3.49. The van der Waals surface area contributed by atoms with Crippen molar-refractivity contribution in [3.05, 3.63) is 29.8 Å². The molecule has 1 fully saturated rings. The molecule has 33 heavy (non-hydrogen) atoms. The Morgan fingerprint density at radius 1 is 1.06 bits per heavy atom. The van der Waals surface area contributed by atoms with Crippen LogP contribution in [0.15, 0.2) is 24.3 Å². The standard InChI is InChI=1S/C22H32N4O6S/c1-12(2)18(22(31)32)26-20(29)16(10-13-5-7-14(27)8-6-13)24-21(30)17(11-33)25-19(28)15-4-3-9-23-15/h5-8,12,15-18,23,27,33H,3-4,9-11H2,1-2H3,(H,24,30)(H,25,28)(H,26,29)(H,31,32). The van der Waals surface area contributed by atoms with E-state index in [2.05, 4.69) is 33.9 Å². The van der Waals surface area contributed by atoms with Crippen LogP contribution in [0.4, 0.5) is 0 Å². The molecule has 0 saturated carbocycles. The van der Waals surface area contributed by atoms with Crippen molar-refractivity contribution < 1.29 is 29.4 Å². The van der Waals surface area contributed by atoms with Crippen LogP contribution < -0.4 is 21.3 Å². The number of amides is 3. The molecule has 11 heteroatoms. The summed E-state index contributed by atoms with van der Waals surface area (Å²) in [5.41, 5.74) is 0.645. The maximum absolute atomic E-state index is 13.0. The summed E-state index contributed by atoms with van der Waals surface area (Å²) in [4.78, 5) is 49.8. The van der Waals surface area contributed by atoms with Crippen LogP contribution in [0, 0.1) is 5.92 Å². The average Bonchev–Trinajstić information content (AvgIpc) is 3.31. The first-order valence-electron chi connectivity index (χ1n) is 10.9. The Morgan fingerprint density at radius 3 is 2.21 bits per heavy atom. The monoisotopic (exact) mass is 480 g/mol. The number of benzene rings is 1. The summed E-state index contributed by atoms with van der Waals surface area (Å²) >= 11 is 4.16. The molecule has 3 amide bonds.